The summed E-state index contributed by atoms with van der Waals surface area (Å²) in [6.45, 7) is 13.3. The number of ether oxygens (including phenoxy) is 3. The van der Waals surface area contributed by atoms with Crippen molar-refractivity contribution < 1.29 is 23.8 Å². The molecule has 5 rings (SSSR count). The molecule has 1 unspecified atom stereocenters. The maximum atomic E-state index is 13.1. The van der Waals surface area contributed by atoms with Crippen molar-refractivity contribution in [1.82, 2.24) is 0 Å². The van der Waals surface area contributed by atoms with E-state index in [9.17, 15) is 9.59 Å². The maximum absolute atomic E-state index is 13.1. The van der Waals surface area contributed by atoms with Gasteiger partial charge in [-0.1, -0.05) is 48.5 Å². The molecular weight excluding hydrogens is 488 g/mol. The molecule has 5 nitrogen and oxygen atoms in total. The molecule has 0 radical (unpaired) electrons. The van der Waals surface area contributed by atoms with Crippen LogP contribution >= 0.6 is 0 Å². The second-order valence-electron chi connectivity index (χ2n) is 10.2. The normalized spacial score (nSPS) is 13.7. The van der Waals surface area contributed by atoms with Crippen LogP contribution in [0, 0.1) is 41.5 Å². The minimum Gasteiger partial charge on any atom is -0.456 e. The third-order valence-corrected chi connectivity index (χ3v) is 7.83. The Morgan fingerprint density at radius 1 is 0.615 bits per heavy atom. The average Bonchev–Trinajstić information content (AvgIpc) is 2.94. The first kappa shape index (κ1) is 26.2. The van der Waals surface area contributed by atoms with Gasteiger partial charge in [0.15, 0.2) is 0 Å². The van der Waals surface area contributed by atoms with Crippen molar-refractivity contribution in [2.75, 3.05) is 0 Å². The van der Waals surface area contributed by atoms with Crippen LogP contribution in [0.15, 0.2) is 60.7 Å². The van der Waals surface area contributed by atoms with Crippen molar-refractivity contribution in [2.24, 2.45) is 0 Å². The molecule has 0 aromatic heterocycles. The number of fused-ring (bicyclic) bond motifs is 2. The molecule has 0 N–H and O–H groups in total. The van der Waals surface area contributed by atoms with Crippen LogP contribution in [0.5, 0.6) is 23.0 Å². The zero-order valence-electron chi connectivity index (χ0n) is 23.4. The van der Waals surface area contributed by atoms with E-state index in [0.717, 1.165) is 61.6 Å². The first-order chi connectivity index (χ1) is 18.6. The molecular formula is C34H32O5. The Balaban J connectivity index is 1.79. The molecule has 4 aromatic rings. The third kappa shape index (κ3) is 4.38. The molecule has 0 saturated carbocycles. The molecule has 1 aliphatic rings. The van der Waals surface area contributed by atoms with Crippen molar-refractivity contribution in [3.8, 4) is 23.0 Å². The van der Waals surface area contributed by atoms with Crippen LogP contribution in [0.25, 0.3) is 0 Å². The number of hydrogen-bond acceptors (Lipinski definition) is 5. The van der Waals surface area contributed by atoms with Crippen LogP contribution in [0.1, 0.15) is 73.3 Å². The Labute approximate surface area is 229 Å². The number of rotatable bonds is 4. The molecule has 0 aliphatic carbocycles. The van der Waals surface area contributed by atoms with Gasteiger partial charge < -0.3 is 14.2 Å². The smallest absolute Gasteiger partial charge is 0.343 e. The fraction of sp³-hybridized carbons (Fsp3) is 0.235. The van der Waals surface area contributed by atoms with Gasteiger partial charge in [-0.15, -0.1) is 0 Å². The lowest BCUT2D eigenvalue weighted by molar-refractivity contribution is -0.132. The summed E-state index contributed by atoms with van der Waals surface area (Å²) >= 11 is 0. The molecule has 1 atom stereocenters. The van der Waals surface area contributed by atoms with Crippen molar-refractivity contribution in [2.45, 2.75) is 54.4 Å². The lowest BCUT2D eigenvalue weighted by Crippen LogP contribution is -2.20. The van der Waals surface area contributed by atoms with Crippen molar-refractivity contribution in [1.29, 1.82) is 0 Å². The van der Waals surface area contributed by atoms with E-state index < -0.39 is 5.97 Å². The van der Waals surface area contributed by atoms with Gasteiger partial charge in [0.25, 0.3) is 0 Å². The fourth-order valence-electron chi connectivity index (χ4n) is 5.59. The van der Waals surface area contributed by atoms with Crippen LogP contribution in [0.4, 0.5) is 0 Å². The zero-order chi connectivity index (χ0) is 28.0. The van der Waals surface area contributed by atoms with Crippen LogP contribution < -0.4 is 14.2 Å². The number of carbonyl (C=O) groups is 2. The second-order valence-corrected chi connectivity index (χ2v) is 10.2. The Morgan fingerprint density at radius 3 is 1.56 bits per heavy atom. The predicted molar refractivity (Wildman–Crippen MR) is 151 cm³/mol. The summed E-state index contributed by atoms with van der Waals surface area (Å²) < 4.78 is 18.5. The van der Waals surface area contributed by atoms with E-state index in [1.165, 1.54) is 6.92 Å². The minimum absolute atomic E-state index is 0.230. The largest absolute Gasteiger partial charge is 0.456 e. The van der Waals surface area contributed by atoms with Gasteiger partial charge in [-0.25, -0.2) is 4.79 Å². The van der Waals surface area contributed by atoms with Gasteiger partial charge in [0.05, 0.1) is 5.56 Å². The summed E-state index contributed by atoms with van der Waals surface area (Å²) in [5.41, 5.74) is 8.68. The fourth-order valence-corrected chi connectivity index (χ4v) is 5.59. The Bertz CT molecular complexity index is 1620. The second kappa shape index (κ2) is 10.1. The predicted octanol–water partition coefficient (Wildman–Crippen LogP) is 7.97. The quantitative estimate of drug-likeness (QED) is 0.178. The van der Waals surface area contributed by atoms with Gasteiger partial charge >= 0.3 is 11.9 Å². The summed E-state index contributed by atoms with van der Waals surface area (Å²) in [4.78, 5) is 25.2. The third-order valence-electron chi connectivity index (χ3n) is 7.83. The summed E-state index contributed by atoms with van der Waals surface area (Å²) in [5, 5.41) is 0. The Morgan fingerprint density at radius 2 is 1.08 bits per heavy atom. The average molecular weight is 521 g/mol. The van der Waals surface area contributed by atoms with Crippen LogP contribution in [-0.4, -0.2) is 11.9 Å². The molecule has 4 aromatic carbocycles. The number of benzene rings is 4. The number of esters is 2. The van der Waals surface area contributed by atoms with Gasteiger partial charge in [-0.05, 0) is 92.6 Å². The van der Waals surface area contributed by atoms with Crippen molar-refractivity contribution in [3.63, 3.8) is 0 Å². The van der Waals surface area contributed by atoms with Gasteiger partial charge in [0.1, 0.15) is 23.0 Å². The van der Waals surface area contributed by atoms with Crippen LogP contribution in [0.2, 0.25) is 0 Å². The minimum atomic E-state index is -0.408. The highest BCUT2D eigenvalue weighted by molar-refractivity contribution is 5.91. The van der Waals surface area contributed by atoms with E-state index in [0.29, 0.717) is 17.1 Å². The number of hydrogen-bond donors (Lipinski definition) is 0. The SMILES string of the molecule is CC(=O)Oc1c(C)c(C)c2c(c1C)C(c1ccccc1)c1c(C)c(OC(=O)c3ccccc3)c(C)c(C)c1O2. The van der Waals surface area contributed by atoms with Crippen LogP contribution in [-0.2, 0) is 4.79 Å². The lowest BCUT2D eigenvalue weighted by Gasteiger charge is -2.35. The summed E-state index contributed by atoms with van der Waals surface area (Å²) in [6, 6.07) is 19.2. The highest BCUT2D eigenvalue weighted by Crippen LogP contribution is 2.56. The van der Waals surface area contributed by atoms with Gasteiger partial charge in [0, 0.05) is 24.0 Å². The van der Waals surface area contributed by atoms with E-state index >= 15 is 0 Å². The topological polar surface area (TPSA) is 61.8 Å². The monoisotopic (exact) mass is 520 g/mol. The van der Waals surface area contributed by atoms with E-state index in [1.54, 1.807) is 12.1 Å². The Hall–Kier alpha value is -4.38. The molecule has 0 bridgehead atoms. The van der Waals surface area contributed by atoms with E-state index in [-0.39, 0.29) is 11.9 Å². The first-order valence-corrected chi connectivity index (χ1v) is 13.1. The summed E-state index contributed by atoms with van der Waals surface area (Å²) in [7, 11) is 0. The maximum Gasteiger partial charge on any atom is 0.343 e. The molecule has 5 heteroatoms. The molecule has 1 aliphatic heterocycles. The van der Waals surface area contributed by atoms with Crippen molar-refractivity contribution >= 4 is 11.9 Å². The lowest BCUT2D eigenvalue weighted by atomic mass is 9.76. The van der Waals surface area contributed by atoms with Crippen molar-refractivity contribution in [3.05, 3.63) is 116 Å². The number of carbonyl (C=O) groups excluding carboxylic acids is 2. The summed E-state index contributed by atoms with van der Waals surface area (Å²) in [5.74, 6) is 1.64. The zero-order valence-corrected chi connectivity index (χ0v) is 23.4. The molecule has 0 amide bonds. The van der Waals surface area contributed by atoms with E-state index in [2.05, 4.69) is 12.1 Å². The standard InChI is InChI=1S/C34H32O5/c1-18-20(3)32-27(22(5)30(18)37-24(7)35)29(25-14-10-8-11-15-25)28-23(6)31(19(2)21(4)33(28)38-32)39-34(36)26-16-12-9-13-17-26/h8-17,29H,1-7H3. The van der Waals surface area contributed by atoms with Gasteiger partial charge in [0.2, 0.25) is 0 Å². The highest BCUT2D eigenvalue weighted by atomic mass is 16.5. The highest BCUT2D eigenvalue weighted by Gasteiger charge is 2.38. The van der Waals surface area contributed by atoms with E-state index in [4.69, 9.17) is 14.2 Å². The molecule has 39 heavy (non-hydrogen) atoms. The molecule has 0 saturated heterocycles. The Kier molecular flexibility index (Phi) is 6.77. The van der Waals surface area contributed by atoms with Gasteiger partial charge in [-0.2, -0.15) is 0 Å². The molecule has 0 fully saturated rings. The van der Waals surface area contributed by atoms with Crippen LogP contribution in [0.3, 0.4) is 0 Å². The molecule has 198 valence electrons. The summed E-state index contributed by atoms with van der Waals surface area (Å²) in [6.07, 6.45) is 0. The molecule has 0 spiro atoms. The van der Waals surface area contributed by atoms with E-state index in [1.807, 2.05) is 77.9 Å². The van der Waals surface area contributed by atoms with Gasteiger partial charge in [-0.3, -0.25) is 4.79 Å². The molecule has 1 heterocycles. The first-order valence-electron chi connectivity index (χ1n) is 13.1.